The largest absolute Gasteiger partial charge is 0.497 e. The molecule has 0 unspecified atom stereocenters. The van der Waals surface area contributed by atoms with Crippen molar-refractivity contribution in [3.05, 3.63) is 82.4 Å². The van der Waals surface area contributed by atoms with Gasteiger partial charge in [0, 0.05) is 18.5 Å². The van der Waals surface area contributed by atoms with Crippen LogP contribution in [0.1, 0.15) is 11.1 Å². The highest BCUT2D eigenvalue weighted by atomic mass is 32.1. The van der Waals surface area contributed by atoms with Crippen molar-refractivity contribution in [2.75, 3.05) is 14.2 Å². The van der Waals surface area contributed by atoms with Gasteiger partial charge < -0.3 is 9.64 Å². The summed E-state index contributed by atoms with van der Waals surface area (Å²) in [6.45, 7) is 2.48. The van der Waals surface area contributed by atoms with Gasteiger partial charge in [-0.3, -0.25) is 14.2 Å². The molecule has 4 rings (SSSR count). The molecule has 2 aromatic carbocycles. The molecule has 0 saturated heterocycles. The number of ether oxygens (including phenoxy) is 1. The van der Waals surface area contributed by atoms with Gasteiger partial charge >= 0.3 is 0 Å². The number of hydrogen-bond donors (Lipinski definition) is 0. The first-order valence-electron chi connectivity index (χ1n) is 9.87. The highest BCUT2D eigenvalue weighted by molar-refractivity contribution is 7.22. The molecule has 2 heterocycles. The zero-order valence-electron chi connectivity index (χ0n) is 17.7. The van der Waals surface area contributed by atoms with Crippen molar-refractivity contribution in [3.8, 4) is 16.2 Å². The molecular weight excluding hydrogens is 410 g/mol. The van der Waals surface area contributed by atoms with Crippen LogP contribution < -0.4 is 10.3 Å². The minimum absolute atomic E-state index is 0.0418. The Labute approximate surface area is 184 Å². The highest BCUT2D eigenvalue weighted by Gasteiger charge is 2.15. The molecule has 0 aliphatic heterocycles. The topological polar surface area (TPSA) is 64.4 Å². The number of thiophene rings is 1. The van der Waals surface area contributed by atoms with Gasteiger partial charge in [0.2, 0.25) is 5.91 Å². The summed E-state index contributed by atoms with van der Waals surface area (Å²) in [6.07, 6.45) is 1.45. The number of nitrogens with zero attached hydrogens (tertiary/aromatic N) is 3. The van der Waals surface area contributed by atoms with E-state index in [1.807, 2.05) is 61.5 Å². The molecular formula is C24H23N3O3S. The number of amides is 1. The zero-order valence-corrected chi connectivity index (χ0v) is 18.5. The molecule has 4 aromatic rings. The Bertz CT molecular complexity index is 1270. The molecule has 31 heavy (non-hydrogen) atoms. The van der Waals surface area contributed by atoms with E-state index in [-0.39, 0.29) is 18.0 Å². The average Bonchev–Trinajstić information content (AvgIpc) is 3.22. The highest BCUT2D eigenvalue weighted by Crippen LogP contribution is 2.31. The first-order valence-corrected chi connectivity index (χ1v) is 10.7. The molecule has 6 nitrogen and oxygen atoms in total. The second kappa shape index (κ2) is 8.73. The molecule has 0 saturated carbocycles. The Morgan fingerprint density at radius 3 is 2.52 bits per heavy atom. The van der Waals surface area contributed by atoms with Crippen LogP contribution in [0.15, 0.2) is 65.7 Å². The second-order valence-electron chi connectivity index (χ2n) is 7.47. The Kier molecular flexibility index (Phi) is 5.86. The lowest BCUT2D eigenvalue weighted by Gasteiger charge is -2.18. The third kappa shape index (κ3) is 4.51. The molecule has 158 valence electrons. The van der Waals surface area contributed by atoms with Crippen molar-refractivity contribution >= 4 is 27.5 Å². The van der Waals surface area contributed by atoms with E-state index >= 15 is 0 Å². The fourth-order valence-corrected chi connectivity index (χ4v) is 4.34. The third-order valence-electron chi connectivity index (χ3n) is 5.15. The Morgan fingerprint density at radius 2 is 1.84 bits per heavy atom. The van der Waals surface area contributed by atoms with Crippen LogP contribution in [0.2, 0.25) is 0 Å². The third-order valence-corrected chi connectivity index (χ3v) is 6.31. The number of likely N-dealkylation sites (N-methyl/N-ethyl adjacent to an activating group) is 1. The minimum Gasteiger partial charge on any atom is -0.497 e. The molecule has 0 aliphatic carbocycles. The van der Waals surface area contributed by atoms with Crippen LogP contribution >= 0.6 is 11.3 Å². The molecule has 0 bridgehead atoms. The lowest BCUT2D eigenvalue weighted by molar-refractivity contribution is -0.131. The number of fused-ring (bicyclic) bond motifs is 1. The van der Waals surface area contributed by atoms with Crippen molar-refractivity contribution in [1.29, 1.82) is 0 Å². The molecule has 7 heteroatoms. The smallest absolute Gasteiger partial charge is 0.271 e. The maximum absolute atomic E-state index is 13.0. The Hall–Kier alpha value is -3.45. The van der Waals surface area contributed by atoms with Crippen LogP contribution in [0, 0.1) is 6.92 Å². The van der Waals surface area contributed by atoms with Gasteiger partial charge in [-0.25, -0.2) is 4.98 Å². The standard InChI is InChI=1S/C24H23N3O3S/c1-16-4-6-17(7-5-16)13-26(2)22(28)14-27-15-25-20-12-21(31-23(20)24(27)29)18-8-10-19(30-3)11-9-18/h4-12,15H,13-14H2,1-3H3. The van der Waals surface area contributed by atoms with Crippen molar-refractivity contribution < 1.29 is 9.53 Å². The number of carbonyl (C=O) groups is 1. The van der Waals surface area contributed by atoms with Crippen LogP contribution in [0.4, 0.5) is 0 Å². The van der Waals surface area contributed by atoms with Crippen molar-refractivity contribution in [3.63, 3.8) is 0 Å². The molecule has 0 aliphatic rings. The monoisotopic (exact) mass is 433 g/mol. The van der Waals surface area contributed by atoms with E-state index in [1.165, 1.54) is 27.8 Å². The molecule has 0 fully saturated rings. The SMILES string of the molecule is COc1ccc(-c2cc3ncn(CC(=O)N(C)Cc4ccc(C)cc4)c(=O)c3s2)cc1. The van der Waals surface area contributed by atoms with E-state index in [0.717, 1.165) is 21.8 Å². The summed E-state index contributed by atoms with van der Waals surface area (Å²) in [7, 11) is 3.37. The minimum atomic E-state index is -0.202. The summed E-state index contributed by atoms with van der Waals surface area (Å²) in [5.41, 5.74) is 3.64. The maximum atomic E-state index is 13.0. The Morgan fingerprint density at radius 1 is 1.13 bits per heavy atom. The van der Waals surface area contributed by atoms with Gasteiger partial charge in [0.15, 0.2) is 0 Å². The number of aryl methyl sites for hydroxylation is 1. The van der Waals surface area contributed by atoms with E-state index in [4.69, 9.17) is 4.74 Å². The number of hydrogen-bond acceptors (Lipinski definition) is 5. The van der Waals surface area contributed by atoms with Gasteiger partial charge in [-0.1, -0.05) is 29.8 Å². The van der Waals surface area contributed by atoms with Crippen molar-refractivity contribution in [1.82, 2.24) is 14.5 Å². The van der Waals surface area contributed by atoms with E-state index in [1.54, 1.807) is 19.1 Å². The molecule has 0 spiro atoms. The second-order valence-corrected chi connectivity index (χ2v) is 8.52. The maximum Gasteiger partial charge on any atom is 0.271 e. The summed E-state index contributed by atoms with van der Waals surface area (Å²) in [5.74, 6) is 0.634. The molecule has 2 aromatic heterocycles. The van der Waals surface area contributed by atoms with Gasteiger partial charge in [0.25, 0.3) is 5.56 Å². The number of carbonyl (C=O) groups excluding carboxylic acids is 1. The van der Waals surface area contributed by atoms with Gasteiger partial charge in [-0.05, 0) is 48.4 Å². The molecule has 0 atom stereocenters. The first kappa shape index (κ1) is 20.8. The Balaban J connectivity index is 1.53. The van der Waals surface area contributed by atoms with Crippen LogP contribution in [0.25, 0.3) is 20.7 Å². The number of methoxy groups -OCH3 is 1. The number of aromatic nitrogens is 2. The van der Waals surface area contributed by atoms with Crippen molar-refractivity contribution in [2.24, 2.45) is 0 Å². The zero-order chi connectivity index (χ0) is 22.0. The predicted molar refractivity (Wildman–Crippen MR) is 124 cm³/mol. The molecule has 0 radical (unpaired) electrons. The lowest BCUT2D eigenvalue weighted by atomic mass is 10.1. The summed E-state index contributed by atoms with van der Waals surface area (Å²) < 4.78 is 7.12. The molecule has 1 amide bonds. The lowest BCUT2D eigenvalue weighted by Crippen LogP contribution is -2.33. The summed E-state index contributed by atoms with van der Waals surface area (Å²) in [5, 5.41) is 0. The van der Waals surface area contributed by atoms with Gasteiger partial charge in [0.05, 0.1) is 19.0 Å². The van der Waals surface area contributed by atoms with E-state index < -0.39 is 0 Å². The van der Waals surface area contributed by atoms with Gasteiger partial charge in [-0.15, -0.1) is 11.3 Å². The van der Waals surface area contributed by atoms with Crippen LogP contribution in [-0.4, -0.2) is 34.5 Å². The fourth-order valence-electron chi connectivity index (χ4n) is 3.28. The fraction of sp³-hybridized carbons (Fsp3) is 0.208. The summed E-state index contributed by atoms with van der Waals surface area (Å²) in [4.78, 5) is 32.6. The van der Waals surface area contributed by atoms with Crippen LogP contribution in [-0.2, 0) is 17.9 Å². The van der Waals surface area contributed by atoms with Gasteiger partial charge in [0.1, 0.15) is 17.0 Å². The van der Waals surface area contributed by atoms with E-state index in [0.29, 0.717) is 16.8 Å². The number of rotatable bonds is 6. The summed E-state index contributed by atoms with van der Waals surface area (Å²) in [6, 6.07) is 17.6. The van der Waals surface area contributed by atoms with Gasteiger partial charge in [-0.2, -0.15) is 0 Å². The van der Waals surface area contributed by atoms with E-state index in [9.17, 15) is 9.59 Å². The number of benzene rings is 2. The first-order chi connectivity index (χ1) is 14.9. The van der Waals surface area contributed by atoms with Crippen LogP contribution in [0.3, 0.4) is 0 Å². The van der Waals surface area contributed by atoms with Crippen LogP contribution in [0.5, 0.6) is 5.75 Å². The van der Waals surface area contributed by atoms with E-state index in [2.05, 4.69) is 4.98 Å². The predicted octanol–water partition coefficient (Wildman–Crippen LogP) is 4.10. The summed E-state index contributed by atoms with van der Waals surface area (Å²) >= 11 is 1.38. The molecule has 0 N–H and O–H groups in total. The average molecular weight is 434 g/mol. The normalized spacial score (nSPS) is 10.9. The quantitative estimate of drug-likeness (QED) is 0.459. The van der Waals surface area contributed by atoms with Crippen molar-refractivity contribution in [2.45, 2.75) is 20.0 Å².